The first-order valence-electron chi connectivity index (χ1n) is 7.10. The number of rotatable bonds is 3. The fourth-order valence-corrected chi connectivity index (χ4v) is 3.35. The minimum atomic E-state index is 0.330. The van der Waals surface area contributed by atoms with Crippen LogP contribution >= 0.6 is 11.6 Å². The highest BCUT2D eigenvalue weighted by molar-refractivity contribution is 6.31. The lowest BCUT2D eigenvalue weighted by atomic mass is 9.77. The molecule has 1 nitrogen and oxygen atoms in total. The lowest BCUT2D eigenvalue weighted by molar-refractivity contribution is 0.196. The van der Waals surface area contributed by atoms with E-state index in [1.165, 1.54) is 24.8 Å². The molecule has 1 fully saturated rings. The molecule has 0 radical (unpaired) electrons. The van der Waals surface area contributed by atoms with Gasteiger partial charge in [0.2, 0.25) is 0 Å². The third-order valence-corrected chi connectivity index (χ3v) is 4.89. The summed E-state index contributed by atoms with van der Waals surface area (Å²) in [6.07, 6.45) is 4.01. The minimum absolute atomic E-state index is 0.330. The third kappa shape index (κ3) is 3.07. The monoisotopic (exact) mass is 265 g/mol. The Bertz CT molecular complexity index is 390. The summed E-state index contributed by atoms with van der Waals surface area (Å²) >= 11 is 6.26. The summed E-state index contributed by atoms with van der Waals surface area (Å²) in [6, 6.07) is 9.10. The molecule has 0 spiro atoms. The molecule has 1 saturated carbocycles. The predicted octanol–water partition coefficient (Wildman–Crippen LogP) is 4.82. The third-order valence-electron chi connectivity index (χ3n) is 4.54. The van der Waals surface area contributed by atoms with Crippen LogP contribution in [0.5, 0.6) is 0 Å². The summed E-state index contributed by atoms with van der Waals surface area (Å²) in [5, 5.41) is 4.64. The van der Waals surface area contributed by atoms with E-state index in [1.807, 2.05) is 12.1 Å². The number of benzene rings is 1. The van der Waals surface area contributed by atoms with E-state index < -0.39 is 0 Å². The average Bonchev–Trinajstić information content (AvgIpc) is 2.35. The average molecular weight is 266 g/mol. The SMILES string of the molecule is CC1CCCC(N[C@@H](C)c2ccccc2Cl)C1C. The van der Waals surface area contributed by atoms with Crippen molar-refractivity contribution in [1.29, 1.82) is 0 Å². The molecule has 1 aromatic carbocycles. The van der Waals surface area contributed by atoms with Crippen LogP contribution in [0.25, 0.3) is 0 Å². The van der Waals surface area contributed by atoms with E-state index in [9.17, 15) is 0 Å². The summed E-state index contributed by atoms with van der Waals surface area (Å²) in [5.41, 5.74) is 1.21. The first kappa shape index (κ1) is 13.9. The van der Waals surface area contributed by atoms with Crippen LogP contribution in [-0.4, -0.2) is 6.04 Å². The molecule has 4 atom stereocenters. The second-order valence-corrected chi connectivity index (χ2v) is 6.19. The Hall–Kier alpha value is -0.530. The molecule has 1 aliphatic carbocycles. The zero-order chi connectivity index (χ0) is 13.1. The van der Waals surface area contributed by atoms with E-state index in [-0.39, 0.29) is 0 Å². The van der Waals surface area contributed by atoms with Gasteiger partial charge in [0.15, 0.2) is 0 Å². The Morgan fingerprint density at radius 1 is 1.22 bits per heavy atom. The van der Waals surface area contributed by atoms with Crippen molar-refractivity contribution in [3.63, 3.8) is 0 Å². The molecule has 1 N–H and O–H groups in total. The molecule has 100 valence electrons. The predicted molar refractivity (Wildman–Crippen MR) is 79.0 cm³/mol. The largest absolute Gasteiger partial charge is 0.307 e. The Morgan fingerprint density at radius 2 is 1.94 bits per heavy atom. The van der Waals surface area contributed by atoms with Crippen LogP contribution in [0.2, 0.25) is 5.02 Å². The van der Waals surface area contributed by atoms with E-state index >= 15 is 0 Å². The molecular formula is C16H24ClN. The van der Waals surface area contributed by atoms with Gasteiger partial charge in [-0.15, -0.1) is 0 Å². The summed E-state index contributed by atoms with van der Waals surface area (Å²) in [4.78, 5) is 0. The van der Waals surface area contributed by atoms with E-state index in [4.69, 9.17) is 11.6 Å². The Balaban J connectivity index is 2.03. The van der Waals surface area contributed by atoms with Crippen LogP contribution in [0.1, 0.15) is 51.6 Å². The van der Waals surface area contributed by atoms with Crippen LogP contribution in [0.4, 0.5) is 0 Å². The van der Waals surface area contributed by atoms with Gasteiger partial charge in [0.05, 0.1) is 0 Å². The molecule has 1 aliphatic rings. The van der Waals surface area contributed by atoms with Gasteiger partial charge < -0.3 is 5.32 Å². The van der Waals surface area contributed by atoms with Crippen molar-refractivity contribution in [2.45, 2.75) is 52.1 Å². The fourth-order valence-electron chi connectivity index (χ4n) is 3.05. The molecule has 2 rings (SSSR count). The molecule has 0 saturated heterocycles. The van der Waals surface area contributed by atoms with Crippen molar-refractivity contribution in [3.05, 3.63) is 34.9 Å². The highest BCUT2D eigenvalue weighted by Gasteiger charge is 2.28. The van der Waals surface area contributed by atoms with Crippen LogP contribution < -0.4 is 5.32 Å². The lowest BCUT2D eigenvalue weighted by Gasteiger charge is -2.36. The first-order valence-corrected chi connectivity index (χ1v) is 7.48. The van der Waals surface area contributed by atoms with Gasteiger partial charge in [-0.05, 0) is 36.8 Å². The number of hydrogen-bond donors (Lipinski definition) is 1. The van der Waals surface area contributed by atoms with Crippen molar-refractivity contribution in [1.82, 2.24) is 5.32 Å². The van der Waals surface area contributed by atoms with Gasteiger partial charge in [0, 0.05) is 17.1 Å². The van der Waals surface area contributed by atoms with Gasteiger partial charge in [-0.1, -0.05) is 56.5 Å². The van der Waals surface area contributed by atoms with Gasteiger partial charge in [0.1, 0.15) is 0 Å². The van der Waals surface area contributed by atoms with Crippen LogP contribution in [0, 0.1) is 11.8 Å². The molecule has 3 unspecified atom stereocenters. The van der Waals surface area contributed by atoms with Gasteiger partial charge in [-0.3, -0.25) is 0 Å². The van der Waals surface area contributed by atoms with Crippen LogP contribution in [-0.2, 0) is 0 Å². The van der Waals surface area contributed by atoms with E-state index in [2.05, 4.69) is 38.2 Å². The molecule has 0 bridgehead atoms. The van der Waals surface area contributed by atoms with Crippen molar-refractivity contribution in [3.8, 4) is 0 Å². The number of halogens is 1. The van der Waals surface area contributed by atoms with Gasteiger partial charge in [-0.25, -0.2) is 0 Å². The minimum Gasteiger partial charge on any atom is -0.307 e. The van der Waals surface area contributed by atoms with E-state index in [0.717, 1.165) is 16.9 Å². The van der Waals surface area contributed by atoms with Crippen LogP contribution in [0.15, 0.2) is 24.3 Å². The molecular weight excluding hydrogens is 242 g/mol. The second-order valence-electron chi connectivity index (χ2n) is 5.78. The number of nitrogens with one attached hydrogen (secondary N) is 1. The maximum absolute atomic E-state index is 6.26. The molecule has 18 heavy (non-hydrogen) atoms. The number of hydrogen-bond acceptors (Lipinski definition) is 1. The normalized spacial score (nSPS) is 30.1. The lowest BCUT2D eigenvalue weighted by Crippen LogP contribution is -2.41. The zero-order valence-electron chi connectivity index (χ0n) is 11.6. The second kappa shape index (κ2) is 6.08. The first-order chi connectivity index (χ1) is 8.59. The maximum Gasteiger partial charge on any atom is 0.0453 e. The van der Waals surface area contributed by atoms with Gasteiger partial charge in [0.25, 0.3) is 0 Å². The van der Waals surface area contributed by atoms with E-state index in [1.54, 1.807) is 0 Å². The van der Waals surface area contributed by atoms with Crippen molar-refractivity contribution in [2.24, 2.45) is 11.8 Å². The van der Waals surface area contributed by atoms with Crippen LogP contribution in [0.3, 0.4) is 0 Å². The Morgan fingerprint density at radius 3 is 2.67 bits per heavy atom. The summed E-state index contributed by atoms with van der Waals surface area (Å²) in [6.45, 7) is 6.96. The standard InChI is InChI=1S/C16H24ClN/c1-11-7-6-10-16(12(11)2)18-13(3)14-8-4-5-9-15(14)17/h4-5,8-9,11-13,16,18H,6-7,10H2,1-3H3/t11?,12?,13-,16?/m0/s1. The summed E-state index contributed by atoms with van der Waals surface area (Å²) < 4.78 is 0. The Labute approximate surface area is 116 Å². The fraction of sp³-hybridized carbons (Fsp3) is 0.625. The van der Waals surface area contributed by atoms with Crippen molar-refractivity contribution in [2.75, 3.05) is 0 Å². The summed E-state index contributed by atoms with van der Waals surface area (Å²) in [7, 11) is 0. The Kier molecular flexibility index (Phi) is 4.69. The van der Waals surface area contributed by atoms with E-state index in [0.29, 0.717) is 12.1 Å². The quantitative estimate of drug-likeness (QED) is 0.827. The maximum atomic E-state index is 6.26. The highest BCUT2D eigenvalue weighted by Crippen LogP contribution is 2.32. The molecule has 0 heterocycles. The van der Waals surface area contributed by atoms with Crippen molar-refractivity contribution >= 4 is 11.6 Å². The topological polar surface area (TPSA) is 12.0 Å². The summed E-state index contributed by atoms with van der Waals surface area (Å²) in [5.74, 6) is 1.58. The van der Waals surface area contributed by atoms with Gasteiger partial charge in [-0.2, -0.15) is 0 Å². The molecule has 0 aliphatic heterocycles. The molecule has 0 aromatic heterocycles. The molecule has 0 amide bonds. The molecule has 1 aromatic rings. The van der Waals surface area contributed by atoms with Gasteiger partial charge >= 0.3 is 0 Å². The highest BCUT2D eigenvalue weighted by atomic mass is 35.5. The molecule has 2 heteroatoms. The van der Waals surface area contributed by atoms with Crippen molar-refractivity contribution < 1.29 is 0 Å². The zero-order valence-corrected chi connectivity index (χ0v) is 12.4. The smallest absolute Gasteiger partial charge is 0.0453 e.